The van der Waals surface area contributed by atoms with Crippen molar-refractivity contribution in [2.24, 2.45) is 5.92 Å². The van der Waals surface area contributed by atoms with Crippen molar-refractivity contribution < 1.29 is 19.0 Å². The molecule has 7 heteroatoms. The smallest absolute Gasteiger partial charge is 0.251 e. The number of unbranched alkanes of at least 4 members (excludes halogenated alkanes) is 1. The highest BCUT2D eigenvalue weighted by atomic mass is 16.5. The van der Waals surface area contributed by atoms with E-state index in [-0.39, 0.29) is 5.91 Å². The number of nitrogens with zero attached hydrogens (tertiary/aromatic N) is 2. The van der Waals surface area contributed by atoms with Crippen LogP contribution in [-0.4, -0.2) is 70.0 Å². The molecule has 1 saturated heterocycles. The van der Waals surface area contributed by atoms with Crippen LogP contribution in [0.2, 0.25) is 0 Å². The van der Waals surface area contributed by atoms with E-state index in [1.807, 2.05) is 12.1 Å². The van der Waals surface area contributed by atoms with Crippen molar-refractivity contribution in [2.75, 3.05) is 58.5 Å². The Bertz CT molecular complexity index is 1530. The topological polar surface area (TPSA) is 60.0 Å². The summed E-state index contributed by atoms with van der Waals surface area (Å²) < 4.78 is 17.9. The molecule has 2 aliphatic heterocycles. The first-order chi connectivity index (χ1) is 24.4. The van der Waals surface area contributed by atoms with Gasteiger partial charge in [0.1, 0.15) is 23.7 Å². The van der Waals surface area contributed by atoms with E-state index in [4.69, 9.17) is 14.2 Å². The van der Waals surface area contributed by atoms with Gasteiger partial charge in [-0.05, 0) is 92.9 Å². The average Bonchev–Trinajstić information content (AvgIpc) is 3.13. The third kappa shape index (κ3) is 10.4. The van der Waals surface area contributed by atoms with Crippen molar-refractivity contribution in [1.82, 2.24) is 9.38 Å². The van der Waals surface area contributed by atoms with Crippen molar-refractivity contribution in [3.05, 3.63) is 108 Å². The van der Waals surface area contributed by atoms with Gasteiger partial charge in [0.15, 0.2) is 0 Å². The highest BCUT2D eigenvalue weighted by Gasteiger charge is 2.38. The number of hydrogen-bond acceptors (Lipinski definition) is 5. The molecule has 0 radical (unpaired) electrons. The van der Waals surface area contributed by atoms with E-state index < -0.39 is 0 Å². The first kappa shape index (κ1) is 37.5. The maximum Gasteiger partial charge on any atom is 0.251 e. The predicted molar refractivity (Wildman–Crippen MR) is 206 cm³/mol. The van der Waals surface area contributed by atoms with E-state index >= 15 is 0 Å². The molecule has 0 spiro atoms. The molecule has 0 aliphatic carbocycles. The number of carbonyl (C=O) groups is 1. The molecular formula is C43H58N3O4+. The maximum atomic E-state index is 13.7. The van der Waals surface area contributed by atoms with Crippen LogP contribution in [0.5, 0.6) is 5.75 Å². The summed E-state index contributed by atoms with van der Waals surface area (Å²) in [4.78, 5) is 16.1. The first-order valence-corrected chi connectivity index (χ1v) is 18.7. The lowest BCUT2D eigenvalue weighted by Gasteiger charge is -2.41. The molecule has 1 fully saturated rings. The zero-order chi connectivity index (χ0) is 35.2. The van der Waals surface area contributed by atoms with Crippen LogP contribution >= 0.6 is 0 Å². The van der Waals surface area contributed by atoms with Crippen LogP contribution in [0, 0.1) is 5.92 Å². The molecule has 1 atom stereocenters. The Kier molecular flexibility index (Phi) is 14.3. The van der Waals surface area contributed by atoms with Gasteiger partial charge in [-0.15, -0.1) is 0 Å². The van der Waals surface area contributed by atoms with Crippen LogP contribution < -0.4 is 14.5 Å². The van der Waals surface area contributed by atoms with Gasteiger partial charge in [0.05, 0.1) is 19.7 Å². The van der Waals surface area contributed by atoms with Crippen LogP contribution in [0.4, 0.5) is 11.4 Å². The minimum atomic E-state index is -0.0406. The van der Waals surface area contributed by atoms with Gasteiger partial charge in [0.2, 0.25) is 0 Å². The van der Waals surface area contributed by atoms with Gasteiger partial charge in [-0.2, -0.15) is 0 Å². The summed E-state index contributed by atoms with van der Waals surface area (Å²) in [7, 11) is 2.19. The molecule has 268 valence electrons. The van der Waals surface area contributed by atoms with Crippen LogP contribution in [-0.2, 0) is 20.8 Å². The van der Waals surface area contributed by atoms with Crippen molar-refractivity contribution in [3.8, 4) is 5.75 Å². The highest BCUT2D eigenvalue weighted by molar-refractivity contribution is 6.04. The summed E-state index contributed by atoms with van der Waals surface area (Å²) in [5.41, 5.74) is 6.43. The Morgan fingerprint density at radius 1 is 0.940 bits per heavy atom. The number of amides is 1. The SMILES string of the molecule is CCCCOCCOc1ccc(C2=CC=C(C(=O)Nc3ccc(CN(C)C4CCOCC4)cc3)CCC[N+]2(CC(C)C)c2ccccc2)cc1. The lowest BCUT2D eigenvalue weighted by molar-refractivity contribution is -0.113. The molecule has 3 aromatic rings. The van der Waals surface area contributed by atoms with Gasteiger partial charge >= 0.3 is 0 Å². The van der Waals surface area contributed by atoms with Crippen LogP contribution in [0.1, 0.15) is 70.4 Å². The molecule has 5 rings (SSSR count). The molecule has 0 aromatic heterocycles. The number of quaternary nitrogens is 1. The number of hydrogen-bond donors (Lipinski definition) is 1. The maximum absolute atomic E-state index is 13.7. The van der Waals surface area contributed by atoms with E-state index in [9.17, 15) is 4.79 Å². The standard InChI is InChI=1S/C43H57N3O4/c1-5-6-27-48-30-31-50-41-21-16-36(17-22-41)42-23-18-37(11-10-26-46(42,33-34(2)3)40-12-8-7-9-13-40)43(47)44-38-19-14-35(15-20-38)32-45(4)39-24-28-49-29-25-39/h7-9,12-23,34,39H,5-6,10-11,24-33H2,1-4H3/p+1. The van der Waals surface area contributed by atoms with Gasteiger partial charge in [-0.1, -0.05) is 57.5 Å². The van der Waals surface area contributed by atoms with Gasteiger partial charge in [-0.3, -0.25) is 14.2 Å². The van der Waals surface area contributed by atoms with Crippen LogP contribution in [0.25, 0.3) is 5.70 Å². The van der Waals surface area contributed by atoms with E-state index in [1.54, 1.807) is 0 Å². The zero-order valence-electron chi connectivity index (χ0n) is 30.7. The first-order valence-electron chi connectivity index (χ1n) is 18.7. The second-order valence-electron chi connectivity index (χ2n) is 14.2. The van der Waals surface area contributed by atoms with Crippen molar-refractivity contribution in [3.63, 3.8) is 0 Å². The summed E-state index contributed by atoms with van der Waals surface area (Å²) in [5, 5.41) is 3.19. The summed E-state index contributed by atoms with van der Waals surface area (Å²) in [6, 6.07) is 28.1. The molecule has 7 nitrogen and oxygen atoms in total. The van der Waals surface area contributed by atoms with E-state index in [1.165, 1.54) is 16.9 Å². The lowest BCUT2D eigenvalue weighted by atomic mass is 9.97. The number of carbonyl (C=O) groups excluding carboxylic acids is 1. The van der Waals surface area contributed by atoms with Gasteiger partial charge in [0.25, 0.3) is 5.91 Å². The monoisotopic (exact) mass is 680 g/mol. The average molecular weight is 681 g/mol. The number of rotatable bonds is 16. The Balaban J connectivity index is 1.36. The molecule has 1 amide bonds. The molecule has 1 N–H and O–H groups in total. The fourth-order valence-electron chi connectivity index (χ4n) is 7.23. The van der Waals surface area contributed by atoms with Gasteiger partial charge < -0.3 is 19.5 Å². The van der Waals surface area contributed by atoms with Crippen molar-refractivity contribution in [2.45, 2.75) is 71.9 Å². The summed E-state index contributed by atoms with van der Waals surface area (Å²) >= 11 is 0. The third-order valence-electron chi connectivity index (χ3n) is 9.86. The fourth-order valence-corrected chi connectivity index (χ4v) is 7.23. The molecular weight excluding hydrogens is 622 g/mol. The Hall–Kier alpha value is -3.75. The number of benzene rings is 3. The van der Waals surface area contributed by atoms with Gasteiger partial charge in [-0.25, -0.2) is 0 Å². The summed E-state index contributed by atoms with van der Waals surface area (Å²) in [6.45, 7) is 13.1. The number of nitrogens with one attached hydrogen (secondary N) is 1. The van der Waals surface area contributed by atoms with E-state index in [0.29, 0.717) is 31.6 Å². The van der Waals surface area contributed by atoms with Crippen molar-refractivity contribution >= 4 is 23.0 Å². The zero-order valence-corrected chi connectivity index (χ0v) is 30.7. The minimum absolute atomic E-state index is 0.0406. The normalized spacial score (nSPS) is 18.7. The Labute approximate surface area is 300 Å². The number of anilines is 1. The summed E-state index contributed by atoms with van der Waals surface area (Å²) in [6.07, 6.45) is 10.2. The predicted octanol–water partition coefficient (Wildman–Crippen LogP) is 8.86. The van der Waals surface area contributed by atoms with E-state index in [2.05, 4.69) is 117 Å². The highest BCUT2D eigenvalue weighted by Crippen LogP contribution is 2.39. The second-order valence-corrected chi connectivity index (χ2v) is 14.2. The third-order valence-corrected chi connectivity index (χ3v) is 9.86. The Morgan fingerprint density at radius 2 is 1.68 bits per heavy atom. The van der Waals surface area contributed by atoms with Gasteiger partial charge in [0, 0.05) is 67.6 Å². The largest absolute Gasteiger partial charge is 0.491 e. The Morgan fingerprint density at radius 3 is 2.38 bits per heavy atom. The number of allylic oxidation sites excluding steroid dienone is 2. The summed E-state index contributed by atoms with van der Waals surface area (Å²) in [5.74, 6) is 1.25. The van der Waals surface area contributed by atoms with Crippen molar-refractivity contribution in [1.29, 1.82) is 0 Å². The molecule has 50 heavy (non-hydrogen) atoms. The molecule has 0 saturated carbocycles. The molecule has 0 bridgehead atoms. The second kappa shape index (κ2) is 19.0. The van der Waals surface area contributed by atoms with Crippen LogP contribution in [0.3, 0.4) is 0 Å². The quantitative estimate of drug-likeness (QED) is 0.121. The minimum Gasteiger partial charge on any atom is -0.491 e. The number of para-hydroxylation sites is 1. The van der Waals surface area contributed by atoms with E-state index in [0.717, 1.165) is 98.6 Å². The molecule has 3 aromatic carbocycles. The number of ether oxygens (including phenoxy) is 3. The molecule has 2 aliphatic rings. The lowest BCUT2D eigenvalue weighted by Crippen LogP contribution is -2.51. The fraction of sp³-hybridized carbons (Fsp3) is 0.465. The molecule has 1 unspecified atom stereocenters. The van der Waals surface area contributed by atoms with Crippen LogP contribution in [0.15, 0.2) is 96.6 Å². The molecule has 2 heterocycles.